The van der Waals surface area contributed by atoms with Crippen LogP contribution in [0.4, 0.5) is 0 Å². The lowest BCUT2D eigenvalue weighted by Crippen LogP contribution is -2.47. The van der Waals surface area contributed by atoms with Gasteiger partial charge >= 0.3 is 0 Å². The van der Waals surface area contributed by atoms with Crippen molar-refractivity contribution in [3.05, 3.63) is 0 Å². The Morgan fingerprint density at radius 3 is 2.14 bits per heavy atom. The molecule has 0 N–H and O–H groups in total. The van der Waals surface area contributed by atoms with Crippen LogP contribution in [0.5, 0.6) is 0 Å². The lowest BCUT2D eigenvalue weighted by molar-refractivity contribution is 0.106. The van der Waals surface area contributed by atoms with Crippen molar-refractivity contribution in [2.75, 3.05) is 39.8 Å². The van der Waals surface area contributed by atoms with E-state index in [9.17, 15) is 0 Å². The van der Waals surface area contributed by atoms with Gasteiger partial charge in [-0.25, -0.2) is 0 Å². The summed E-state index contributed by atoms with van der Waals surface area (Å²) in [7, 11) is 2.23. The van der Waals surface area contributed by atoms with Crippen molar-refractivity contribution < 1.29 is 0 Å². The zero-order valence-electron chi connectivity index (χ0n) is 9.76. The number of rotatable bonds is 2. The highest BCUT2D eigenvalue weighted by atomic mass is 15.2. The van der Waals surface area contributed by atoms with E-state index in [0.717, 1.165) is 0 Å². The third-order valence-corrected chi connectivity index (χ3v) is 4.01. The largest absolute Gasteiger partial charge is 0.304 e. The molecule has 1 saturated heterocycles. The summed E-state index contributed by atoms with van der Waals surface area (Å²) in [6.07, 6.45) is 5.84. The monoisotopic (exact) mass is 196 g/mol. The molecule has 0 spiro atoms. The van der Waals surface area contributed by atoms with Gasteiger partial charge in [0.05, 0.1) is 0 Å². The normalized spacial score (nSPS) is 29.6. The summed E-state index contributed by atoms with van der Waals surface area (Å²) in [5.41, 5.74) is 0.649. The molecule has 2 aliphatic rings. The van der Waals surface area contributed by atoms with Gasteiger partial charge in [0.25, 0.3) is 0 Å². The van der Waals surface area contributed by atoms with Crippen molar-refractivity contribution in [1.29, 1.82) is 0 Å². The molecular formula is C12H24N2. The Labute approximate surface area is 88.3 Å². The molecule has 14 heavy (non-hydrogen) atoms. The zero-order chi connectivity index (χ0) is 10.0. The zero-order valence-corrected chi connectivity index (χ0v) is 9.76. The first kappa shape index (κ1) is 10.4. The average molecular weight is 196 g/mol. The van der Waals surface area contributed by atoms with Gasteiger partial charge in [-0.05, 0) is 25.3 Å². The highest BCUT2D eigenvalue weighted by molar-refractivity contribution is 4.84. The molecule has 1 aliphatic heterocycles. The highest BCUT2D eigenvalue weighted by Crippen LogP contribution is 2.38. The molecule has 2 rings (SSSR count). The van der Waals surface area contributed by atoms with Gasteiger partial charge in [-0.1, -0.05) is 19.8 Å². The lowest BCUT2D eigenvalue weighted by Gasteiger charge is -2.37. The smallest absolute Gasteiger partial charge is 0.0110 e. The molecular weight excluding hydrogens is 172 g/mol. The Kier molecular flexibility index (Phi) is 3.13. The molecule has 1 heterocycles. The van der Waals surface area contributed by atoms with Crippen LogP contribution in [0, 0.1) is 5.41 Å². The second-order valence-corrected chi connectivity index (χ2v) is 5.60. The summed E-state index contributed by atoms with van der Waals surface area (Å²) in [6.45, 7) is 8.92. The molecule has 0 aromatic carbocycles. The molecule has 2 heteroatoms. The molecule has 1 saturated carbocycles. The Morgan fingerprint density at radius 2 is 1.57 bits per heavy atom. The maximum Gasteiger partial charge on any atom is 0.0110 e. The van der Waals surface area contributed by atoms with Gasteiger partial charge in [0.1, 0.15) is 0 Å². The molecule has 0 amide bonds. The summed E-state index contributed by atoms with van der Waals surface area (Å²) in [5, 5.41) is 0. The van der Waals surface area contributed by atoms with Gasteiger partial charge in [-0.2, -0.15) is 0 Å². The van der Waals surface area contributed by atoms with E-state index in [4.69, 9.17) is 0 Å². The van der Waals surface area contributed by atoms with E-state index in [2.05, 4.69) is 23.8 Å². The van der Waals surface area contributed by atoms with Gasteiger partial charge in [0, 0.05) is 32.7 Å². The van der Waals surface area contributed by atoms with Crippen molar-refractivity contribution in [2.24, 2.45) is 5.41 Å². The molecule has 2 nitrogen and oxygen atoms in total. The van der Waals surface area contributed by atoms with E-state index >= 15 is 0 Å². The molecule has 0 unspecified atom stereocenters. The van der Waals surface area contributed by atoms with Crippen LogP contribution in [-0.4, -0.2) is 49.6 Å². The SMILES string of the molecule is CN1CCN(CC2(C)CCCC2)CC1. The van der Waals surface area contributed by atoms with Crippen LogP contribution < -0.4 is 0 Å². The minimum Gasteiger partial charge on any atom is -0.304 e. The van der Waals surface area contributed by atoms with Gasteiger partial charge in [-0.3, -0.25) is 0 Å². The summed E-state index contributed by atoms with van der Waals surface area (Å²) in [4.78, 5) is 5.11. The van der Waals surface area contributed by atoms with Gasteiger partial charge in [0.2, 0.25) is 0 Å². The Hall–Kier alpha value is -0.0800. The molecule has 0 bridgehead atoms. The Bertz CT molecular complexity index is 177. The van der Waals surface area contributed by atoms with E-state index < -0.39 is 0 Å². The summed E-state index contributed by atoms with van der Waals surface area (Å²) < 4.78 is 0. The molecule has 0 atom stereocenters. The third kappa shape index (κ3) is 2.48. The van der Waals surface area contributed by atoms with Crippen molar-refractivity contribution in [3.63, 3.8) is 0 Å². The number of nitrogens with zero attached hydrogens (tertiary/aromatic N) is 2. The van der Waals surface area contributed by atoms with Crippen molar-refractivity contribution in [3.8, 4) is 0 Å². The van der Waals surface area contributed by atoms with E-state index in [0.29, 0.717) is 5.41 Å². The number of hydrogen-bond acceptors (Lipinski definition) is 2. The van der Waals surface area contributed by atoms with Crippen molar-refractivity contribution in [2.45, 2.75) is 32.6 Å². The van der Waals surface area contributed by atoms with Crippen LogP contribution in [0.25, 0.3) is 0 Å². The Balaban J connectivity index is 1.79. The van der Waals surface area contributed by atoms with Gasteiger partial charge in [-0.15, -0.1) is 0 Å². The first-order chi connectivity index (χ1) is 6.68. The summed E-state index contributed by atoms with van der Waals surface area (Å²) in [6, 6.07) is 0. The first-order valence-electron chi connectivity index (χ1n) is 6.09. The van der Waals surface area contributed by atoms with Crippen LogP contribution in [0.3, 0.4) is 0 Å². The Morgan fingerprint density at radius 1 is 1.00 bits per heavy atom. The van der Waals surface area contributed by atoms with Crippen LogP contribution in [0.15, 0.2) is 0 Å². The highest BCUT2D eigenvalue weighted by Gasteiger charge is 2.31. The fourth-order valence-electron chi connectivity index (χ4n) is 2.93. The fourth-order valence-corrected chi connectivity index (χ4v) is 2.93. The summed E-state index contributed by atoms with van der Waals surface area (Å²) >= 11 is 0. The van der Waals surface area contributed by atoms with E-state index in [1.165, 1.54) is 58.4 Å². The topological polar surface area (TPSA) is 6.48 Å². The minimum atomic E-state index is 0.649. The number of likely N-dealkylation sites (N-methyl/N-ethyl adjacent to an activating group) is 1. The molecule has 2 fully saturated rings. The van der Waals surface area contributed by atoms with E-state index in [1.807, 2.05) is 0 Å². The van der Waals surface area contributed by atoms with Crippen LogP contribution in [0.1, 0.15) is 32.6 Å². The van der Waals surface area contributed by atoms with Gasteiger partial charge in [0.15, 0.2) is 0 Å². The predicted molar refractivity (Wildman–Crippen MR) is 60.5 cm³/mol. The maximum atomic E-state index is 2.67. The average Bonchev–Trinajstić information content (AvgIpc) is 2.57. The third-order valence-electron chi connectivity index (χ3n) is 4.01. The van der Waals surface area contributed by atoms with E-state index in [1.54, 1.807) is 0 Å². The van der Waals surface area contributed by atoms with Crippen LogP contribution in [-0.2, 0) is 0 Å². The molecule has 0 aromatic rings. The minimum absolute atomic E-state index is 0.649. The summed E-state index contributed by atoms with van der Waals surface area (Å²) in [5.74, 6) is 0. The lowest BCUT2D eigenvalue weighted by atomic mass is 9.88. The quantitative estimate of drug-likeness (QED) is 0.664. The number of hydrogen-bond donors (Lipinski definition) is 0. The second-order valence-electron chi connectivity index (χ2n) is 5.60. The van der Waals surface area contributed by atoms with Crippen molar-refractivity contribution >= 4 is 0 Å². The second kappa shape index (κ2) is 4.19. The van der Waals surface area contributed by atoms with Crippen LogP contribution in [0.2, 0.25) is 0 Å². The van der Waals surface area contributed by atoms with E-state index in [-0.39, 0.29) is 0 Å². The molecule has 0 radical (unpaired) electrons. The number of piperazine rings is 1. The standard InChI is InChI=1S/C12H24N2/c1-12(5-3-4-6-12)11-14-9-7-13(2)8-10-14/h3-11H2,1-2H3. The molecule has 0 aromatic heterocycles. The maximum absolute atomic E-state index is 2.67. The fraction of sp³-hybridized carbons (Fsp3) is 1.00. The molecule has 82 valence electrons. The molecule has 1 aliphatic carbocycles. The van der Waals surface area contributed by atoms with Crippen LogP contribution >= 0.6 is 0 Å². The van der Waals surface area contributed by atoms with Gasteiger partial charge < -0.3 is 9.80 Å². The predicted octanol–water partition coefficient (Wildman–Crippen LogP) is 1.81. The van der Waals surface area contributed by atoms with Crippen molar-refractivity contribution in [1.82, 2.24) is 9.80 Å². The first-order valence-corrected chi connectivity index (χ1v) is 6.09.